The molecule has 0 spiro atoms. The molecule has 6 heteroatoms. The van der Waals surface area contributed by atoms with Crippen molar-refractivity contribution in [3.05, 3.63) is 37.5 Å². The highest BCUT2D eigenvalue weighted by molar-refractivity contribution is 5.91. The van der Waals surface area contributed by atoms with Gasteiger partial charge in [0.05, 0.1) is 6.61 Å². The maximum absolute atomic E-state index is 10.2. The molecule has 0 saturated heterocycles. The molecule has 0 aromatic carbocycles. The lowest BCUT2D eigenvalue weighted by molar-refractivity contribution is -0.140. The van der Waals surface area contributed by atoms with Crippen molar-refractivity contribution in [1.82, 2.24) is 0 Å². The van der Waals surface area contributed by atoms with Gasteiger partial charge < -0.3 is 21.1 Å². The van der Waals surface area contributed by atoms with Crippen LogP contribution in [-0.2, 0) is 9.59 Å². The van der Waals surface area contributed by atoms with Gasteiger partial charge in [0.1, 0.15) is 6.61 Å². The number of carbonyl (C=O) groups excluding carboxylic acids is 1. The molecule has 0 unspecified atom stereocenters. The van der Waals surface area contributed by atoms with Crippen LogP contribution >= 0.6 is 0 Å². The molecule has 0 bridgehead atoms. The Morgan fingerprint density at radius 2 is 1.53 bits per heavy atom. The number of carbonyl (C=O) groups is 2. The van der Waals surface area contributed by atoms with E-state index in [1.54, 1.807) is 6.08 Å². The van der Waals surface area contributed by atoms with E-state index in [2.05, 4.69) is 19.7 Å². The second-order valence-electron chi connectivity index (χ2n) is 2.48. The van der Waals surface area contributed by atoms with Crippen LogP contribution in [0.3, 0.4) is 0 Å². The van der Waals surface area contributed by atoms with Gasteiger partial charge in [-0.15, -0.1) is 13.2 Å². The summed E-state index contributed by atoms with van der Waals surface area (Å²) < 4.78 is 0. The van der Waals surface area contributed by atoms with Crippen LogP contribution in [0.25, 0.3) is 0 Å². The summed E-state index contributed by atoms with van der Waals surface area (Å²) in [6.45, 7) is 9.35. The SMILES string of the molecule is C=CCC(=C)C(N)=O.C=CCO.O=C(O)CO. The normalized spacial score (nSPS) is 7.41. The number of aliphatic hydroxyl groups is 2. The van der Waals surface area contributed by atoms with Gasteiger partial charge in [0.25, 0.3) is 0 Å². The average molecular weight is 245 g/mol. The molecule has 0 aliphatic rings. The standard InChI is InChI=1S/C6H9NO.C3H6O.C2H4O3/c1-3-4-5(2)6(7)8;1-2-3-4;3-1-2(4)5/h3H,1-2,4H2,(H2,7,8);2,4H,1,3H2;3H,1H2,(H,4,5). The second-order valence-corrected chi connectivity index (χ2v) is 2.48. The number of nitrogens with two attached hydrogens (primary N) is 1. The first-order chi connectivity index (χ1) is 7.87. The third kappa shape index (κ3) is 31.5. The van der Waals surface area contributed by atoms with E-state index in [1.165, 1.54) is 6.08 Å². The van der Waals surface area contributed by atoms with Gasteiger partial charge in [-0.1, -0.05) is 18.7 Å². The Bertz CT molecular complexity index is 261. The largest absolute Gasteiger partial charge is 0.480 e. The Balaban J connectivity index is -0.000000188. The zero-order chi connectivity index (χ0) is 14.3. The fourth-order valence-corrected chi connectivity index (χ4v) is 0.275. The number of hydrogen-bond acceptors (Lipinski definition) is 4. The Labute approximate surface area is 100 Å². The molecule has 6 nitrogen and oxygen atoms in total. The Hall–Kier alpha value is -1.92. The number of carboxylic acid groups (broad SMARTS) is 1. The predicted molar refractivity (Wildman–Crippen MR) is 65.2 cm³/mol. The molecule has 0 rings (SSSR count). The van der Waals surface area contributed by atoms with Gasteiger partial charge in [0, 0.05) is 5.57 Å². The van der Waals surface area contributed by atoms with E-state index < -0.39 is 18.5 Å². The van der Waals surface area contributed by atoms with Crippen LogP contribution in [0.15, 0.2) is 37.5 Å². The summed E-state index contributed by atoms with van der Waals surface area (Å²) in [5.74, 6) is -1.64. The van der Waals surface area contributed by atoms with Crippen molar-refractivity contribution in [1.29, 1.82) is 0 Å². The van der Waals surface area contributed by atoms with Crippen LogP contribution in [-0.4, -0.2) is 40.4 Å². The molecule has 0 aromatic rings. The van der Waals surface area contributed by atoms with Gasteiger partial charge >= 0.3 is 5.97 Å². The van der Waals surface area contributed by atoms with Crippen molar-refractivity contribution in [2.75, 3.05) is 13.2 Å². The third-order valence-corrected chi connectivity index (χ3v) is 1.00. The summed E-state index contributed by atoms with van der Waals surface area (Å²) >= 11 is 0. The summed E-state index contributed by atoms with van der Waals surface area (Å²) in [5, 5.41) is 22.8. The van der Waals surface area contributed by atoms with Crippen LogP contribution in [0.5, 0.6) is 0 Å². The van der Waals surface area contributed by atoms with Gasteiger partial charge in [-0.2, -0.15) is 0 Å². The number of primary amides is 1. The monoisotopic (exact) mass is 245 g/mol. The minimum absolute atomic E-state index is 0.0833. The van der Waals surface area contributed by atoms with Crippen LogP contribution in [0, 0.1) is 0 Å². The number of rotatable bonds is 5. The molecule has 0 aliphatic carbocycles. The molecular weight excluding hydrogens is 226 g/mol. The summed E-state index contributed by atoms with van der Waals surface area (Å²) in [7, 11) is 0. The topological polar surface area (TPSA) is 121 Å². The van der Waals surface area contributed by atoms with E-state index in [4.69, 9.17) is 25.8 Å². The Kier molecular flexibility index (Phi) is 19.9. The quantitative estimate of drug-likeness (QED) is 0.396. The highest BCUT2D eigenvalue weighted by Crippen LogP contribution is 1.94. The van der Waals surface area contributed by atoms with Crippen LogP contribution in [0.4, 0.5) is 0 Å². The lowest BCUT2D eigenvalue weighted by Gasteiger charge is -1.90. The van der Waals surface area contributed by atoms with E-state index in [1.807, 2.05) is 0 Å². The first kappa shape index (κ1) is 20.5. The summed E-state index contributed by atoms with van der Waals surface area (Å²) in [6.07, 6.45) is 3.50. The molecule has 1 amide bonds. The van der Waals surface area contributed by atoms with E-state index in [0.717, 1.165) is 0 Å². The van der Waals surface area contributed by atoms with Crippen LogP contribution < -0.4 is 5.73 Å². The van der Waals surface area contributed by atoms with E-state index in [0.29, 0.717) is 12.0 Å². The van der Waals surface area contributed by atoms with Gasteiger partial charge in [-0.25, -0.2) is 4.79 Å². The Morgan fingerprint density at radius 3 is 1.59 bits per heavy atom. The zero-order valence-electron chi connectivity index (χ0n) is 9.63. The smallest absolute Gasteiger partial charge is 0.329 e. The van der Waals surface area contributed by atoms with Gasteiger partial charge in [0.15, 0.2) is 0 Å². The molecule has 17 heavy (non-hydrogen) atoms. The predicted octanol–water partition coefficient (Wildman–Crippen LogP) is -0.168. The summed E-state index contributed by atoms with van der Waals surface area (Å²) in [6, 6.07) is 0. The molecule has 0 fully saturated rings. The first-order valence-corrected chi connectivity index (χ1v) is 4.50. The van der Waals surface area contributed by atoms with Crippen molar-refractivity contribution in [3.63, 3.8) is 0 Å². The number of allylic oxidation sites excluding steroid dienone is 1. The van der Waals surface area contributed by atoms with Gasteiger partial charge in [-0.05, 0) is 6.42 Å². The summed E-state index contributed by atoms with van der Waals surface area (Å²) in [4.78, 5) is 19.3. The fraction of sp³-hybridized carbons (Fsp3) is 0.273. The fourth-order valence-electron chi connectivity index (χ4n) is 0.275. The zero-order valence-corrected chi connectivity index (χ0v) is 9.63. The number of amides is 1. The number of hydrogen-bond donors (Lipinski definition) is 4. The minimum atomic E-state index is -1.19. The first-order valence-electron chi connectivity index (χ1n) is 4.50. The van der Waals surface area contributed by atoms with Crippen molar-refractivity contribution in [2.24, 2.45) is 5.73 Å². The maximum atomic E-state index is 10.2. The van der Waals surface area contributed by atoms with Crippen molar-refractivity contribution >= 4 is 11.9 Å². The Morgan fingerprint density at radius 1 is 1.18 bits per heavy atom. The molecule has 5 N–H and O–H groups in total. The lowest BCUT2D eigenvalue weighted by atomic mass is 10.2. The van der Waals surface area contributed by atoms with Gasteiger partial charge in [0.2, 0.25) is 5.91 Å². The number of aliphatic hydroxyl groups excluding tert-OH is 2. The van der Waals surface area contributed by atoms with Crippen LogP contribution in [0.1, 0.15) is 6.42 Å². The molecular formula is C11H19NO5. The molecule has 0 heterocycles. The lowest BCUT2D eigenvalue weighted by Crippen LogP contribution is -2.12. The highest BCUT2D eigenvalue weighted by atomic mass is 16.4. The van der Waals surface area contributed by atoms with Crippen molar-refractivity contribution < 1.29 is 24.9 Å². The molecule has 98 valence electrons. The van der Waals surface area contributed by atoms with Crippen molar-refractivity contribution in [2.45, 2.75) is 6.42 Å². The molecule has 0 aliphatic heterocycles. The average Bonchev–Trinajstić information content (AvgIpc) is 2.30. The molecule has 0 radical (unpaired) electrons. The van der Waals surface area contributed by atoms with Crippen LogP contribution in [0.2, 0.25) is 0 Å². The third-order valence-electron chi connectivity index (χ3n) is 1.00. The van der Waals surface area contributed by atoms with E-state index >= 15 is 0 Å². The summed E-state index contributed by atoms with van der Waals surface area (Å²) in [5.41, 5.74) is 5.24. The highest BCUT2D eigenvalue weighted by Gasteiger charge is 1.95. The second kappa shape index (κ2) is 16.5. The molecule has 0 aromatic heterocycles. The molecule has 0 atom stereocenters. The molecule has 0 saturated carbocycles. The van der Waals surface area contributed by atoms with E-state index in [-0.39, 0.29) is 6.61 Å². The van der Waals surface area contributed by atoms with Gasteiger partial charge in [-0.3, -0.25) is 4.79 Å². The number of aliphatic carboxylic acids is 1. The van der Waals surface area contributed by atoms with Crippen molar-refractivity contribution in [3.8, 4) is 0 Å². The maximum Gasteiger partial charge on any atom is 0.329 e. The van der Waals surface area contributed by atoms with E-state index in [9.17, 15) is 4.79 Å². The number of carboxylic acids is 1. The minimum Gasteiger partial charge on any atom is -0.480 e.